The van der Waals surface area contributed by atoms with Crippen molar-refractivity contribution >= 4 is 23.1 Å². The molecular formula is C28H33F3N8O2. The van der Waals surface area contributed by atoms with Gasteiger partial charge in [0.1, 0.15) is 24.3 Å². The molecule has 13 heteroatoms. The van der Waals surface area contributed by atoms with E-state index in [1.807, 2.05) is 51.1 Å². The Bertz CT molecular complexity index is 1380. The molecule has 2 atom stereocenters. The van der Waals surface area contributed by atoms with Gasteiger partial charge in [-0.25, -0.2) is 15.0 Å². The number of fused-ring (bicyclic) bond motifs is 1. The Hall–Kier alpha value is -4.13. The van der Waals surface area contributed by atoms with E-state index in [-0.39, 0.29) is 31.5 Å². The summed E-state index contributed by atoms with van der Waals surface area (Å²) in [7, 11) is 0. The maximum Gasteiger partial charge on any atom is 0.397 e. The Labute approximate surface area is 236 Å². The Morgan fingerprint density at radius 3 is 2.56 bits per heavy atom. The minimum Gasteiger partial charge on any atom is -0.487 e. The molecule has 2 aromatic heterocycles. The van der Waals surface area contributed by atoms with Gasteiger partial charge in [-0.05, 0) is 50.6 Å². The molecule has 1 aromatic carbocycles. The standard InChI is InChI=1S/C28H33F3N8O2/c1-17(2)41-23-15-32-16-34-26(23)20-4-5-21-22(12-20)36-27(35-21)37-24-13-19(6-7-33-24)18(3)38-8-10-39(11-9-38)25(40)14-28(29,30)31/h4-7,12-13,15-18,27,35-36H,8-11,14H2,1-3H3,(H,33,37)/t18-,27+/m1/s1. The van der Waals surface area contributed by atoms with E-state index in [1.54, 1.807) is 12.4 Å². The van der Waals surface area contributed by atoms with Crippen molar-refractivity contribution in [1.82, 2.24) is 24.8 Å². The van der Waals surface area contributed by atoms with Crippen molar-refractivity contribution in [2.45, 2.75) is 51.8 Å². The van der Waals surface area contributed by atoms with Crippen molar-refractivity contribution < 1.29 is 22.7 Å². The van der Waals surface area contributed by atoms with Crippen LogP contribution in [0.4, 0.5) is 30.4 Å². The van der Waals surface area contributed by atoms with Crippen molar-refractivity contribution in [2.75, 3.05) is 42.1 Å². The lowest BCUT2D eigenvalue weighted by atomic mass is 10.1. The lowest BCUT2D eigenvalue weighted by molar-refractivity contribution is -0.162. The molecule has 1 saturated heterocycles. The Morgan fingerprint density at radius 1 is 1.07 bits per heavy atom. The first-order valence-corrected chi connectivity index (χ1v) is 13.5. The average Bonchev–Trinajstić information content (AvgIpc) is 3.33. The van der Waals surface area contributed by atoms with E-state index < -0.39 is 18.5 Å². The normalized spacial score (nSPS) is 17.9. The van der Waals surface area contributed by atoms with Gasteiger partial charge in [-0.2, -0.15) is 13.2 Å². The Balaban J connectivity index is 1.20. The van der Waals surface area contributed by atoms with Gasteiger partial charge in [0.25, 0.3) is 0 Å². The summed E-state index contributed by atoms with van der Waals surface area (Å²) in [6.45, 7) is 7.48. The van der Waals surface area contributed by atoms with Gasteiger partial charge < -0.3 is 25.6 Å². The van der Waals surface area contributed by atoms with Crippen molar-refractivity contribution in [3.63, 3.8) is 0 Å². The number of anilines is 3. The zero-order valence-electron chi connectivity index (χ0n) is 23.1. The summed E-state index contributed by atoms with van der Waals surface area (Å²) in [5.74, 6) is 0.411. The second-order valence-corrected chi connectivity index (χ2v) is 10.4. The van der Waals surface area contributed by atoms with Crippen molar-refractivity contribution in [2.24, 2.45) is 0 Å². The van der Waals surface area contributed by atoms with E-state index in [2.05, 4.69) is 35.8 Å². The molecule has 218 valence electrons. The predicted molar refractivity (Wildman–Crippen MR) is 149 cm³/mol. The Kier molecular flexibility index (Phi) is 8.15. The largest absolute Gasteiger partial charge is 0.487 e. The number of hydrogen-bond acceptors (Lipinski definition) is 9. The third-order valence-electron chi connectivity index (χ3n) is 7.06. The van der Waals surface area contributed by atoms with Crippen LogP contribution in [-0.2, 0) is 4.79 Å². The smallest absolute Gasteiger partial charge is 0.397 e. The van der Waals surface area contributed by atoms with Crippen LogP contribution in [0, 0.1) is 0 Å². The van der Waals surface area contributed by atoms with Gasteiger partial charge in [-0.3, -0.25) is 9.69 Å². The molecular weight excluding hydrogens is 537 g/mol. The molecule has 3 N–H and O–H groups in total. The summed E-state index contributed by atoms with van der Waals surface area (Å²) in [5.41, 5.74) is 4.44. The summed E-state index contributed by atoms with van der Waals surface area (Å²) in [4.78, 5) is 28.4. The molecule has 0 spiro atoms. The van der Waals surface area contributed by atoms with Crippen LogP contribution in [0.3, 0.4) is 0 Å². The van der Waals surface area contributed by atoms with Crippen LogP contribution >= 0.6 is 0 Å². The number of rotatable bonds is 8. The number of nitrogens with zero attached hydrogens (tertiary/aromatic N) is 5. The van der Waals surface area contributed by atoms with E-state index in [0.29, 0.717) is 30.4 Å². The summed E-state index contributed by atoms with van der Waals surface area (Å²) < 4.78 is 43.7. The SMILES string of the molecule is CC(C)Oc1cncnc1-c1ccc2c(c1)N[C@@H](Nc1cc([C@@H](C)N3CCN(C(=O)CC(F)(F)F)CC3)ccn1)N2. The highest BCUT2D eigenvalue weighted by molar-refractivity contribution is 5.82. The molecule has 2 aliphatic rings. The number of halogens is 3. The van der Waals surface area contributed by atoms with E-state index >= 15 is 0 Å². The van der Waals surface area contributed by atoms with Crippen LogP contribution in [0.25, 0.3) is 11.3 Å². The van der Waals surface area contributed by atoms with Gasteiger partial charge >= 0.3 is 6.18 Å². The highest BCUT2D eigenvalue weighted by Gasteiger charge is 2.35. The topological polar surface area (TPSA) is 108 Å². The number of carbonyl (C=O) groups excluding carboxylic acids is 1. The average molecular weight is 571 g/mol. The predicted octanol–water partition coefficient (Wildman–Crippen LogP) is 4.72. The number of alkyl halides is 3. The number of pyridine rings is 1. The highest BCUT2D eigenvalue weighted by Crippen LogP contribution is 2.36. The Morgan fingerprint density at radius 2 is 1.83 bits per heavy atom. The highest BCUT2D eigenvalue weighted by atomic mass is 19.4. The number of carbonyl (C=O) groups is 1. The summed E-state index contributed by atoms with van der Waals surface area (Å²) in [5, 5.41) is 10.2. The fraction of sp³-hybridized carbons (Fsp3) is 0.429. The molecule has 41 heavy (non-hydrogen) atoms. The molecule has 0 unspecified atom stereocenters. The summed E-state index contributed by atoms with van der Waals surface area (Å²) in [6.07, 6.45) is -1.33. The molecule has 0 aliphatic carbocycles. The lowest BCUT2D eigenvalue weighted by Crippen LogP contribution is -2.50. The van der Waals surface area contributed by atoms with Gasteiger partial charge in [-0.1, -0.05) is 6.07 Å². The van der Waals surface area contributed by atoms with Crippen LogP contribution in [0.15, 0.2) is 49.1 Å². The van der Waals surface area contributed by atoms with Gasteiger partial charge in [0.15, 0.2) is 12.0 Å². The van der Waals surface area contributed by atoms with Crippen LogP contribution in [0.1, 0.15) is 38.8 Å². The van der Waals surface area contributed by atoms with Gasteiger partial charge in [0.2, 0.25) is 5.91 Å². The zero-order valence-corrected chi connectivity index (χ0v) is 23.1. The molecule has 0 saturated carbocycles. The van der Waals surface area contributed by atoms with Gasteiger partial charge in [-0.15, -0.1) is 0 Å². The van der Waals surface area contributed by atoms with Crippen LogP contribution in [0.5, 0.6) is 5.75 Å². The van der Waals surface area contributed by atoms with Crippen LogP contribution in [-0.4, -0.2) is 75.4 Å². The maximum absolute atomic E-state index is 12.6. The molecule has 3 aromatic rings. The minimum atomic E-state index is -4.49. The number of amides is 1. The van der Waals surface area contributed by atoms with Crippen molar-refractivity contribution in [3.05, 3.63) is 54.6 Å². The van der Waals surface area contributed by atoms with Gasteiger partial charge in [0.05, 0.1) is 23.7 Å². The van der Waals surface area contributed by atoms with Crippen LogP contribution in [0.2, 0.25) is 0 Å². The number of aromatic nitrogens is 3. The first-order valence-electron chi connectivity index (χ1n) is 13.5. The number of nitrogens with one attached hydrogen (secondary N) is 3. The fourth-order valence-corrected chi connectivity index (χ4v) is 5.02. The molecule has 2 aliphatic heterocycles. The molecule has 1 amide bonds. The number of ether oxygens (including phenoxy) is 1. The summed E-state index contributed by atoms with van der Waals surface area (Å²) >= 11 is 0. The second-order valence-electron chi connectivity index (χ2n) is 10.4. The first-order chi connectivity index (χ1) is 19.6. The number of hydrogen-bond donors (Lipinski definition) is 3. The molecule has 1 fully saturated rings. The molecule has 0 radical (unpaired) electrons. The van der Waals surface area contributed by atoms with Crippen molar-refractivity contribution in [1.29, 1.82) is 0 Å². The molecule has 4 heterocycles. The maximum atomic E-state index is 12.6. The number of benzene rings is 1. The third kappa shape index (κ3) is 6.96. The van der Waals surface area contributed by atoms with Crippen molar-refractivity contribution in [3.8, 4) is 17.0 Å². The third-order valence-corrected chi connectivity index (χ3v) is 7.06. The van der Waals surface area contributed by atoms with E-state index in [1.165, 1.54) is 11.2 Å². The second kappa shape index (κ2) is 11.8. The molecule has 10 nitrogen and oxygen atoms in total. The molecule has 0 bridgehead atoms. The quantitative estimate of drug-likeness (QED) is 0.355. The zero-order chi connectivity index (χ0) is 29.1. The van der Waals surface area contributed by atoms with E-state index in [4.69, 9.17) is 4.74 Å². The minimum absolute atomic E-state index is 0.00205. The van der Waals surface area contributed by atoms with Crippen LogP contribution < -0.4 is 20.7 Å². The lowest BCUT2D eigenvalue weighted by Gasteiger charge is -2.38. The van der Waals surface area contributed by atoms with Gasteiger partial charge in [0, 0.05) is 44.0 Å². The monoisotopic (exact) mass is 570 g/mol. The number of piperazine rings is 1. The fourth-order valence-electron chi connectivity index (χ4n) is 5.02. The van der Waals surface area contributed by atoms with E-state index in [0.717, 1.165) is 22.5 Å². The summed E-state index contributed by atoms with van der Waals surface area (Å²) in [6, 6.07) is 9.84. The molecule has 5 rings (SSSR count). The van der Waals surface area contributed by atoms with E-state index in [9.17, 15) is 18.0 Å². The first kappa shape index (κ1) is 28.4.